The normalized spacial score (nSPS) is 18.7. The van der Waals surface area contributed by atoms with Crippen LogP contribution in [0.3, 0.4) is 0 Å². The van der Waals surface area contributed by atoms with E-state index in [0.717, 1.165) is 30.6 Å². The van der Waals surface area contributed by atoms with Gasteiger partial charge in [0.2, 0.25) is 0 Å². The number of ketones is 1. The van der Waals surface area contributed by atoms with Gasteiger partial charge in [-0.1, -0.05) is 12.1 Å². The molecule has 1 aromatic rings. The van der Waals surface area contributed by atoms with Crippen LogP contribution >= 0.6 is 0 Å². The van der Waals surface area contributed by atoms with Crippen molar-refractivity contribution in [3.8, 4) is 0 Å². The summed E-state index contributed by atoms with van der Waals surface area (Å²) in [6, 6.07) is 7.58. The fourth-order valence-corrected chi connectivity index (χ4v) is 2.70. The third-order valence-corrected chi connectivity index (χ3v) is 3.67. The summed E-state index contributed by atoms with van der Waals surface area (Å²) in [4.78, 5) is 25.7. The van der Waals surface area contributed by atoms with Crippen LogP contribution < -0.4 is 4.90 Å². The lowest BCUT2D eigenvalue weighted by molar-refractivity contribution is -0.148. The average Bonchev–Trinajstić information content (AvgIpc) is 2.47. The third kappa shape index (κ3) is 3.18. The molecule has 1 atom stereocenters. The number of para-hydroxylation sites is 1. The number of hydrogen-bond acceptors (Lipinski definition) is 4. The van der Waals surface area contributed by atoms with Crippen molar-refractivity contribution in [2.24, 2.45) is 5.92 Å². The van der Waals surface area contributed by atoms with Crippen molar-refractivity contribution in [3.63, 3.8) is 0 Å². The predicted octanol–water partition coefficient (Wildman–Crippen LogP) is 2.67. The Morgan fingerprint density at radius 3 is 2.80 bits per heavy atom. The van der Waals surface area contributed by atoms with E-state index in [1.807, 2.05) is 31.2 Å². The monoisotopic (exact) mass is 275 g/mol. The average molecular weight is 275 g/mol. The van der Waals surface area contributed by atoms with E-state index < -0.39 is 0 Å². The van der Waals surface area contributed by atoms with E-state index in [4.69, 9.17) is 4.74 Å². The second kappa shape index (κ2) is 6.55. The topological polar surface area (TPSA) is 46.6 Å². The van der Waals surface area contributed by atoms with Crippen LogP contribution in [0.25, 0.3) is 0 Å². The summed E-state index contributed by atoms with van der Waals surface area (Å²) < 4.78 is 5.11. The SMILES string of the molecule is CCOC(=O)C1CCCN(c2ccccc2C(C)=O)C1. The van der Waals surface area contributed by atoms with Crippen LogP contribution in [0.2, 0.25) is 0 Å². The Hall–Kier alpha value is -1.84. The molecule has 1 aliphatic heterocycles. The van der Waals surface area contributed by atoms with Crippen molar-refractivity contribution >= 4 is 17.4 Å². The van der Waals surface area contributed by atoms with Crippen LogP contribution in [0.5, 0.6) is 0 Å². The summed E-state index contributed by atoms with van der Waals surface area (Å²) in [5, 5.41) is 0. The van der Waals surface area contributed by atoms with Crippen molar-refractivity contribution in [1.29, 1.82) is 0 Å². The van der Waals surface area contributed by atoms with E-state index in [-0.39, 0.29) is 17.7 Å². The van der Waals surface area contributed by atoms with E-state index in [1.54, 1.807) is 6.92 Å². The molecule has 0 N–H and O–H groups in total. The summed E-state index contributed by atoms with van der Waals surface area (Å²) >= 11 is 0. The van der Waals surface area contributed by atoms with Gasteiger partial charge < -0.3 is 9.64 Å². The molecule has 0 radical (unpaired) electrons. The van der Waals surface area contributed by atoms with E-state index in [1.165, 1.54) is 0 Å². The molecule has 1 heterocycles. The van der Waals surface area contributed by atoms with Crippen LogP contribution in [0.4, 0.5) is 5.69 Å². The summed E-state index contributed by atoms with van der Waals surface area (Å²) in [5.41, 5.74) is 1.64. The first-order valence-electron chi connectivity index (χ1n) is 7.15. The molecule has 1 fully saturated rings. The van der Waals surface area contributed by atoms with Crippen LogP contribution in [0, 0.1) is 5.92 Å². The molecule has 1 aliphatic rings. The molecule has 1 unspecified atom stereocenters. The van der Waals surface area contributed by atoms with Gasteiger partial charge in [-0.2, -0.15) is 0 Å². The number of rotatable bonds is 4. The van der Waals surface area contributed by atoms with Crippen LogP contribution in [-0.2, 0) is 9.53 Å². The molecule has 4 heteroatoms. The van der Waals surface area contributed by atoms with Gasteiger partial charge in [0, 0.05) is 24.3 Å². The lowest BCUT2D eigenvalue weighted by atomic mass is 9.96. The van der Waals surface area contributed by atoms with Gasteiger partial charge in [0.1, 0.15) is 0 Å². The lowest BCUT2D eigenvalue weighted by Gasteiger charge is -2.34. The number of hydrogen-bond donors (Lipinski definition) is 0. The molecule has 0 saturated carbocycles. The van der Waals surface area contributed by atoms with Crippen molar-refractivity contribution in [2.75, 3.05) is 24.6 Å². The summed E-state index contributed by atoms with van der Waals surface area (Å²) in [6.07, 6.45) is 1.80. The maximum atomic E-state index is 11.9. The molecule has 0 bridgehead atoms. The molecule has 0 aromatic heterocycles. The Labute approximate surface area is 119 Å². The summed E-state index contributed by atoms with van der Waals surface area (Å²) in [6.45, 7) is 5.32. The van der Waals surface area contributed by atoms with Gasteiger partial charge in [-0.15, -0.1) is 0 Å². The van der Waals surface area contributed by atoms with Gasteiger partial charge in [0.25, 0.3) is 0 Å². The Bertz CT molecular complexity index is 498. The molecule has 0 aliphatic carbocycles. The first-order chi connectivity index (χ1) is 9.63. The van der Waals surface area contributed by atoms with Gasteiger partial charge in [-0.3, -0.25) is 9.59 Å². The number of anilines is 1. The van der Waals surface area contributed by atoms with Crippen LogP contribution in [0.1, 0.15) is 37.0 Å². The lowest BCUT2D eigenvalue weighted by Crippen LogP contribution is -2.40. The van der Waals surface area contributed by atoms with E-state index in [9.17, 15) is 9.59 Å². The molecule has 108 valence electrons. The zero-order valence-corrected chi connectivity index (χ0v) is 12.1. The molecular formula is C16H21NO3. The zero-order valence-electron chi connectivity index (χ0n) is 12.1. The zero-order chi connectivity index (χ0) is 14.5. The largest absolute Gasteiger partial charge is 0.466 e. The fraction of sp³-hybridized carbons (Fsp3) is 0.500. The number of benzene rings is 1. The highest BCUT2D eigenvalue weighted by atomic mass is 16.5. The molecular weight excluding hydrogens is 254 g/mol. The Morgan fingerprint density at radius 1 is 1.35 bits per heavy atom. The minimum Gasteiger partial charge on any atom is -0.466 e. The highest BCUT2D eigenvalue weighted by molar-refractivity contribution is 5.99. The minimum atomic E-state index is -0.127. The van der Waals surface area contributed by atoms with Crippen molar-refractivity contribution in [3.05, 3.63) is 29.8 Å². The second-order valence-electron chi connectivity index (χ2n) is 5.11. The number of carbonyl (C=O) groups is 2. The predicted molar refractivity (Wildman–Crippen MR) is 78.0 cm³/mol. The van der Waals surface area contributed by atoms with Gasteiger partial charge >= 0.3 is 5.97 Å². The Morgan fingerprint density at radius 2 is 2.10 bits per heavy atom. The maximum absolute atomic E-state index is 11.9. The van der Waals surface area contributed by atoms with E-state index in [0.29, 0.717) is 13.2 Å². The van der Waals surface area contributed by atoms with Crippen LogP contribution in [-0.4, -0.2) is 31.4 Å². The van der Waals surface area contributed by atoms with Gasteiger partial charge in [0.05, 0.1) is 12.5 Å². The number of esters is 1. The van der Waals surface area contributed by atoms with Gasteiger partial charge in [-0.05, 0) is 38.8 Å². The third-order valence-electron chi connectivity index (χ3n) is 3.67. The number of Topliss-reactive ketones (excluding diaryl/α,β-unsaturated/α-hetero) is 1. The molecule has 20 heavy (non-hydrogen) atoms. The first-order valence-corrected chi connectivity index (χ1v) is 7.15. The van der Waals surface area contributed by atoms with Gasteiger partial charge in [-0.25, -0.2) is 0 Å². The number of piperidine rings is 1. The van der Waals surface area contributed by atoms with E-state index in [2.05, 4.69) is 4.90 Å². The van der Waals surface area contributed by atoms with E-state index >= 15 is 0 Å². The Kier molecular flexibility index (Phi) is 4.77. The molecule has 0 amide bonds. The minimum absolute atomic E-state index is 0.0545. The number of carbonyl (C=O) groups excluding carboxylic acids is 2. The second-order valence-corrected chi connectivity index (χ2v) is 5.11. The molecule has 1 saturated heterocycles. The van der Waals surface area contributed by atoms with Crippen molar-refractivity contribution in [1.82, 2.24) is 0 Å². The summed E-state index contributed by atoms with van der Waals surface area (Å²) in [5.74, 6) is -0.167. The number of nitrogens with zero attached hydrogens (tertiary/aromatic N) is 1. The molecule has 1 aromatic carbocycles. The summed E-state index contributed by atoms with van der Waals surface area (Å²) in [7, 11) is 0. The molecule has 0 spiro atoms. The quantitative estimate of drug-likeness (QED) is 0.626. The van der Waals surface area contributed by atoms with Crippen molar-refractivity contribution < 1.29 is 14.3 Å². The Balaban J connectivity index is 2.17. The standard InChI is InChI=1S/C16H21NO3/c1-3-20-16(19)13-7-6-10-17(11-13)15-9-5-4-8-14(15)12(2)18/h4-5,8-9,13H,3,6-7,10-11H2,1-2H3. The van der Waals surface area contributed by atoms with Crippen LogP contribution in [0.15, 0.2) is 24.3 Å². The fourth-order valence-electron chi connectivity index (χ4n) is 2.70. The molecule has 2 rings (SSSR count). The molecule has 4 nitrogen and oxygen atoms in total. The smallest absolute Gasteiger partial charge is 0.310 e. The maximum Gasteiger partial charge on any atom is 0.310 e. The first kappa shape index (κ1) is 14.6. The van der Waals surface area contributed by atoms with Crippen molar-refractivity contribution in [2.45, 2.75) is 26.7 Å². The highest BCUT2D eigenvalue weighted by Crippen LogP contribution is 2.27. The number of ether oxygens (including phenoxy) is 1. The highest BCUT2D eigenvalue weighted by Gasteiger charge is 2.28. The van der Waals surface area contributed by atoms with Gasteiger partial charge in [0.15, 0.2) is 5.78 Å².